The van der Waals surface area contributed by atoms with Crippen molar-refractivity contribution in [2.45, 2.75) is 25.9 Å². The number of carbonyl (C=O) groups is 1. The fourth-order valence-corrected chi connectivity index (χ4v) is 3.34. The van der Waals surface area contributed by atoms with E-state index in [9.17, 15) is 4.79 Å². The molecular weight excluding hydrogens is 268 g/mol. The van der Waals surface area contributed by atoms with Crippen LogP contribution in [0.3, 0.4) is 0 Å². The van der Waals surface area contributed by atoms with Gasteiger partial charge in [0.15, 0.2) is 0 Å². The summed E-state index contributed by atoms with van der Waals surface area (Å²) in [6.07, 6.45) is 5.96. The Morgan fingerprint density at radius 2 is 2.14 bits per heavy atom. The van der Waals surface area contributed by atoms with Crippen LogP contribution in [0.2, 0.25) is 0 Å². The molecule has 2 aliphatic heterocycles. The maximum atomic E-state index is 12.4. The lowest BCUT2D eigenvalue weighted by molar-refractivity contribution is -0.130. The predicted molar refractivity (Wildman–Crippen MR) is 78.8 cm³/mol. The van der Waals surface area contributed by atoms with E-state index in [0.717, 1.165) is 39.4 Å². The van der Waals surface area contributed by atoms with Gasteiger partial charge in [-0.2, -0.15) is 0 Å². The summed E-state index contributed by atoms with van der Waals surface area (Å²) >= 11 is 0. The zero-order valence-corrected chi connectivity index (χ0v) is 12.6. The Labute approximate surface area is 125 Å². The Hall–Kier alpha value is -1.40. The highest BCUT2D eigenvalue weighted by Gasteiger charge is 2.36. The molecule has 0 spiro atoms. The third-order valence-electron chi connectivity index (χ3n) is 4.58. The fraction of sp³-hybridized carbons (Fsp3) is 0.733. The number of likely N-dealkylation sites (tertiary alicyclic amines) is 1. The Morgan fingerprint density at radius 1 is 1.33 bits per heavy atom. The second-order valence-corrected chi connectivity index (χ2v) is 6.04. The van der Waals surface area contributed by atoms with Crippen molar-refractivity contribution in [3.63, 3.8) is 0 Å². The lowest BCUT2D eigenvalue weighted by atomic mass is 10.0. The Bertz CT molecular complexity index is 456. The number of aryl methyl sites for hydroxylation is 1. The number of carbonyl (C=O) groups excluding carboxylic acids is 1. The van der Waals surface area contributed by atoms with E-state index in [-0.39, 0.29) is 5.91 Å². The zero-order chi connectivity index (χ0) is 14.7. The summed E-state index contributed by atoms with van der Waals surface area (Å²) in [5.41, 5.74) is 0. The standard InChI is InChI=1S/C15H24N4O2/c1-13-10-19(11-14(13)18-6-8-21-9-7-18)15(20)2-4-17-5-3-16-12-17/h3,5,12-14H,2,4,6-11H2,1H3/t13-,14+/m0/s1. The Balaban J connectivity index is 1.51. The van der Waals surface area contributed by atoms with Crippen LogP contribution in [0.25, 0.3) is 0 Å². The highest BCUT2D eigenvalue weighted by Crippen LogP contribution is 2.23. The third-order valence-corrected chi connectivity index (χ3v) is 4.58. The molecule has 116 valence electrons. The maximum Gasteiger partial charge on any atom is 0.224 e. The van der Waals surface area contributed by atoms with Crippen LogP contribution in [0.15, 0.2) is 18.7 Å². The second-order valence-electron chi connectivity index (χ2n) is 6.04. The molecule has 0 unspecified atom stereocenters. The van der Waals surface area contributed by atoms with Crippen molar-refractivity contribution in [1.29, 1.82) is 0 Å². The summed E-state index contributed by atoms with van der Waals surface area (Å²) in [4.78, 5) is 20.9. The van der Waals surface area contributed by atoms with Crippen LogP contribution in [0, 0.1) is 5.92 Å². The van der Waals surface area contributed by atoms with Gasteiger partial charge in [0.25, 0.3) is 0 Å². The molecule has 3 heterocycles. The highest BCUT2D eigenvalue weighted by atomic mass is 16.5. The molecule has 0 bridgehead atoms. The molecule has 6 nitrogen and oxygen atoms in total. The lowest BCUT2D eigenvalue weighted by Gasteiger charge is -2.34. The van der Waals surface area contributed by atoms with Gasteiger partial charge in [0, 0.05) is 57.6 Å². The summed E-state index contributed by atoms with van der Waals surface area (Å²) in [7, 11) is 0. The number of amides is 1. The normalized spacial score (nSPS) is 27.2. The Kier molecular flexibility index (Phi) is 4.55. The van der Waals surface area contributed by atoms with E-state index < -0.39 is 0 Å². The van der Waals surface area contributed by atoms with Gasteiger partial charge in [0.1, 0.15) is 0 Å². The average molecular weight is 292 g/mol. The van der Waals surface area contributed by atoms with Gasteiger partial charge in [0.2, 0.25) is 5.91 Å². The largest absolute Gasteiger partial charge is 0.379 e. The summed E-state index contributed by atoms with van der Waals surface area (Å²) in [5.74, 6) is 0.798. The van der Waals surface area contributed by atoms with Gasteiger partial charge in [-0.15, -0.1) is 0 Å². The third kappa shape index (κ3) is 3.44. The van der Waals surface area contributed by atoms with Crippen LogP contribution in [0.1, 0.15) is 13.3 Å². The van der Waals surface area contributed by atoms with Crippen molar-refractivity contribution >= 4 is 5.91 Å². The minimum Gasteiger partial charge on any atom is -0.379 e. The lowest BCUT2D eigenvalue weighted by Crippen LogP contribution is -2.47. The monoisotopic (exact) mass is 292 g/mol. The molecule has 6 heteroatoms. The zero-order valence-electron chi connectivity index (χ0n) is 12.6. The van der Waals surface area contributed by atoms with Crippen LogP contribution in [0.5, 0.6) is 0 Å². The first-order chi connectivity index (χ1) is 10.2. The van der Waals surface area contributed by atoms with E-state index >= 15 is 0 Å². The van der Waals surface area contributed by atoms with E-state index in [1.165, 1.54) is 0 Å². The summed E-state index contributed by atoms with van der Waals surface area (Å²) < 4.78 is 7.37. The number of hydrogen-bond acceptors (Lipinski definition) is 4. The van der Waals surface area contributed by atoms with Crippen LogP contribution >= 0.6 is 0 Å². The van der Waals surface area contributed by atoms with Crippen molar-refractivity contribution in [2.75, 3.05) is 39.4 Å². The van der Waals surface area contributed by atoms with E-state index in [0.29, 0.717) is 24.9 Å². The fourth-order valence-electron chi connectivity index (χ4n) is 3.34. The van der Waals surface area contributed by atoms with Gasteiger partial charge in [-0.05, 0) is 5.92 Å². The van der Waals surface area contributed by atoms with Crippen LogP contribution in [-0.2, 0) is 16.1 Å². The first-order valence-corrected chi connectivity index (χ1v) is 7.79. The number of rotatable bonds is 4. The Morgan fingerprint density at radius 3 is 2.86 bits per heavy atom. The van der Waals surface area contributed by atoms with E-state index in [2.05, 4.69) is 16.8 Å². The van der Waals surface area contributed by atoms with Crippen molar-refractivity contribution in [1.82, 2.24) is 19.4 Å². The summed E-state index contributed by atoms with van der Waals surface area (Å²) in [6.45, 7) is 8.33. The topological polar surface area (TPSA) is 50.6 Å². The molecule has 0 N–H and O–H groups in total. The minimum absolute atomic E-state index is 0.256. The minimum atomic E-state index is 0.256. The summed E-state index contributed by atoms with van der Waals surface area (Å²) in [6, 6.07) is 0.492. The van der Waals surface area contributed by atoms with Gasteiger partial charge in [0.05, 0.1) is 19.5 Å². The second kappa shape index (κ2) is 6.58. The highest BCUT2D eigenvalue weighted by molar-refractivity contribution is 5.76. The molecule has 0 aromatic carbocycles. The molecule has 0 saturated carbocycles. The van der Waals surface area contributed by atoms with Gasteiger partial charge >= 0.3 is 0 Å². The molecule has 21 heavy (non-hydrogen) atoms. The number of aromatic nitrogens is 2. The molecule has 2 aliphatic rings. The van der Waals surface area contributed by atoms with Gasteiger partial charge in [-0.1, -0.05) is 6.92 Å². The molecule has 1 amide bonds. The van der Waals surface area contributed by atoms with E-state index in [4.69, 9.17) is 4.74 Å². The first kappa shape index (κ1) is 14.5. The molecule has 0 radical (unpaired) electrons. The van der Waals surface area contributed by atoms with Gasteiger partial charge in [-0.25, -0.2) is 4.98 Å². The number of nitrogens with zero attached hydrogens (tertiary/aromatic N) is 4. The van der Waals surface area contributed by atoms with Crippen LogP contribution < -0.4 is 0 Å². The van der Waals surface area contributed by atoms with Crippen molar-refractivity contribution in [3.8, 4) is 0 Å². The van der Waals surface area contributed by atoms with Crippen molar-refractivity contribution < 1.29 is 9.53 Å². The van der Waals surface area contributed by atoms with Crippen molar-refractivity contribution in [2.24, 2.45) is 5.92 Å². The number of imidazole rings is 1. The smallest absolute Gasteiger partial charge is 0.224 e. The quantitative estimate of drug-likeness (QED) is 0.808. The molecule has 2 fully saturated rings. The molecule has 1 aromatic heterocycles. The van der Waals surface area contributed by atoms with Crippen molar-refractivity contribution in [3.05, 3.63) is 18.7 Å². The SMILES string of the molecule is C[C@H]1CN(C(=O)CCn2ccnc2)C[C@H]1N1CCOCC1. The van der Waals surface area contributed by atoms with E-state index in [1.54, 1.807) is 12.5 Å². The molecule has 2 atom stereocenters. The molecule has 3 rings (SSSR count). The van der Waals surface area contributed by atoms with Gasteiger partial charge < -0.3 is 14.2 Å². The number of ether oxygens (including phenoxy) is 1. The summed E-state index contributed by atoms with van der Waals surface area (Å²) in [5, 5.41) is 0. The molecule has 1 aromatic rings. The number of morpholine rings is 1. The number of hydrogen-bond donors (Lipinski definition) is 0. The first-order valence-electron chi connectivity index (χ1n) is 7.79. The average Bonchev–Trinajstić information content (AvgIpc) is 3.15. The molecule has 2 saturated heterocycles. The van der Waals surface area contributed by atoms with Crippen LogP contribution in [-0.4, -0.2) is 70.7 Å². The van der Waals surface area contributed by atoms with Crippen LogP contribution in [0.4, 0.5) is 0 Å². The predicted octanol–water partition coefficient (Wildman–Crippen LogP) is 0.452. The molecule has 0 aliphatic carbocycles. The van der Waals surface area contributed by atoms with Gasteiger partial charge in [-0.3, -0.25) is 9.69 Å². The van der Waals surface area contributed by atoms with E-state index in [1.807, 2.05) is 15.7 Å². The molecular formula is C15H24N4O2. The maximum absolute atomic E-state index is 12.4.